The second kappa shape index (κ2) is 10.8. The maximum Gasteiger partial charge on any atom is 0.303 e. The molecule has 0 saturated carbocycles. The van der Waals surface area contributed by atoms with Crippen molar-refractivity contribution in [2.45, 2.75) is 45.4 Å². The monoisotopic (exact) mass is 303 g/mol. The zero-order chi connectivity index (χ0) is 7.82. The molecular weight excluding hydrogens is 287 g/mol. The maximum absolute atomic E-state index is 10.0. The molecule has 0 fully saturated rings. The molecule has 0 heterocycles. The number of aliphatic carboxylic acids is 1. The zero-order valence-corrected chi connectivity index (χ0v) is 9.07. The standard InChI is InChI=1S/C8H16O2.Tb/c1-2-3-4-5-6-7-8(9)10;/h2-7H2,1H3,(H,9,10);. The van der Waals surface area contributed by atoms with E-state index in [0.29, 0.717) is 6.42 Å². The first kappa shape index (κ1) is 14.3. The van der Waals surface area contributed by atoms with Crippen LogP contribution in [-0.2, 0) is 4.79 Å². The summed E-state index contributed by atoms with van der Waals surface area (Å²) in [4.78, 5) is 10.0. The molecular formula is C8H16O2Tb. The predicted molar refractivity (Wildman–Crippen MR) is 41.0 cm³/mol. The summed E-state index contributed by atoms with van der Waals surface area (Å²) in [6.07, 6.45) is 5.88. The van der Waals surface area contributed by atoms with E-state index in [1.54, 1.807) is 0 Å². The van der Waals surface area contributed by atoms with E-state index in [-0.39, 0.29) is 38.6 Å². The summed E-state index contributed by atoms with van der Waals surface area (Å²) in [5.74, 6) is -0.670. The maximum atomic E-state index is 10.0. The molecule has 0 saturated heterocycles. The summed E-state index contributed by atoms with van der Waals surface area (Å²) >= 11 is 0. The van der Waals surface area contributed by atoms with E-state index in [9.17, 15) is 4.79 Å². The molecule has 0 aliphatic rings. The van der Waals surface area contributed by atoms with Crippen molar-refractivity contribution in [1.29, 1.82) is 0 Å². The molecule has 0 rings (SSSR count). The van der Waals surface area contributed by atoms with Gasteiger partial charge in [0.2, 0.25) is 0 Å². The van der Waals surface area contributed by atoms with Crippen LogP contribution in [0.25, 0.3) is 0 Å². The summed E-state index contributed by atoms with van der Waals surface area (Å²) in [6, 6.07) is 0. The quantitative estimate of drug-likeness (QED) is 0.765. The molecule has 1 N–H and O–H groups in total. The van der Waals surface area contributed by atoms with Gasteiger partial charge in [0.25, 0.3) is 0 Å². The number of hydrogen-bond acceptors (Lipinski definition) is 1. The fraction of sp³-hybridized carbons (Fsp3) is 0.875. The van der Waals surface area contributed by atoms with Crippen molar-refractivity contribution in [3.8, 4) is 0 Å². The smallest absolute Gasteiger partial charge is 0.303 e. The molecule has 0 aliphatic heterocycles. The number of hydrogen-bond donors (Lipinski definition) is 1. The van der Waals surface area contributed by atoms with Crippen LogP contribution >= 0.6 is 0 Å². The molecule has 3 heteroatoms. The van der Waals surface area contributed by atoms with E-state index < -0.39 is 5.97 Å². The second-order valence-electron chi connectivity index (χ2n) is 2.56. The summed E-state index contributed by atoms with van der Waals surface area (Å²) in [6.45, 7) is 2.15. The van der Waals surface area contributed by atoms with Gasteiger partial charge in [-0.25, -0.2) is 0 Å². The first-order valence-electron chi connectivity index (χ1n) is 3.99. The average Bonchev–Trinajstić information content (AvgIpc) is 1.87. The Kier molecular flexibility index (Phi) is 14.0. The molecule has 0 aromatic rings. The van der Waals surface area contributed by atoms with Gasteiger partial charge in [-0.05, 0) is 6.42 Å². The fourth-order valence-corrected chi connectivity index (χ4v) is 0.880. The molecule has 2 nitrogen and oxygen atoms in total. The van der Waals surface area contributed by atoms with E-state index in [1.807, 2.05) is 0 Å². The second-order valence-corrected chi connectivity index (χ2v) is 2.56. The van der Waals surface area contributed by atoms with Crippen molar-refractivity contribution in [3.05, 3.63) is 0 Å². The Morgan fingerprint density at radius 3 is 2.18 bits per heavy atom. The van der Waals surface area contributed by atoms with Gasteiger partial charge in [0, 0.05) is 45.0 Å². The van der Waals surface area contributed by atoms with Crippen molar-refractivity contribution in [2.24, 2.45) is 0 Å². The number of carboxylic acids is 1. The third-order valence-corrected chi connectivity index (χ3v) is 1.49. The Morgan fingerprint density at radius 1 is 1.18 bits per heavy atom. The van der Waals surface area contributed by atoms with Crippen molar-refractivity contribution in [2.75, 3.05) is 0 Å². The van der Waals surface area contributed by atoms with E-state index in [2.05, 4.69) is 6.92 Å². The number of rotatable bonds is 6. The van der Waals surface area contributed by atoms with Crippen molar-refractivity contribution >= 4 is 5.97 Å². The number of carbonyl (C=O) groups is 1. The van der Waals surface area contributed by atoms with E-state index in [1.165, 1.54) is 19.3 Å². The molecule has 0 aliphatic carbocycles. The number of carboxylic acid groups (broad SMARTS) is 1. The van der Waals surface area contributed by atoms with Gasteiger partial charge in [0.15, 0.2) is 0 Å². The van der Waals surface area contributed by atoms with Crippen molar-refractivity contribution < 1.29 is 48.5 Å². The van der Waals surface area contributed by atoms with Crippen LogP contribution < -0.4 is 0 Å². The van der Waals surface area contributed by atoms with Crippen LogP contribution in [0.4, 0.5) is 0 Å². The van der Waals surface area contributed by atoms with Crippen LogP contribution in [0.1, 0.15) is 45.4 Å². The summed E-state index contributed by atoms with van der Waals surface area (Å²) in [5, 5.41) is 8.27. The number of unbranched alkanes of at least 4 members (excludes halogenated alkanes) is 4. The van der Waals surface area contributed by atoms with Crippen molar-refractivity contribution in [1.82, 2.24) is 0 Å². The predicted octanol–water partition coefficient (Wildman–Crippen LogP) is 2.43. The molecule has 0 amide bonds. The van der Waals surface area contributed by atoms with E-state index >= 15 is 0 Å². The Balaban J connectivity index is 0. The Morgan fingerprint density at radius 2 is 1.73 bits per heavy atom. The molecule has 0 atom stereocenters. The normalized spacial score (nSPS) is 8.82. The molecule has 69 valence electrons. The van der Waals surface area contributed by atoms with Crippen LogP contribution in [-0.4, -0.2) is 11.1 Å². The van der Waals surface area contributed by atoms with E-state index in [0.717, 1.165) is 12.8 Å². The molecule has 1 radical (unpaired) electrons. The van der Waals surface area contributed by atoms with Gasteiger partial charge in [-0.3, -0.25) is 4.79 Å². The third-order valence-electron chi connectivity index (χ3n) is 1.49. The third kappa shape index (κ3) is 13.7. The largest absolute Gasteiger partial charge is 0.481 e. The fourth-order valence-electron chi connectivity index (χ4n) is 0.880. The van der Waals surface area contributed by atoms with Crippen molar-refractivity contribution in [3.63, 3.8) is 0 Å². The van der Waals surface area contributed by atoms with E-state index in [4.69, 9.17) is 5.11 Å². The van der Waals surface area contributed by atoms with Gasteiger partial charge >= 0.3 is 5.97 Å². The Bertz CT molecular complexity index is 94.1. The molecule has 0 aromatic heterocycles. The van der Waals surface area contributed by atoms with Crippen LogP contribution in [0.2, 0.25) is 0 Å². The van der Waals surface area contributed by atoms with Crippen LogP contribution in [0.3, 0.4) is 0 Å². The molecule has 0 bridgehead atoms. The van der Waals surface area contributed by atoms with Gasteiger partial charge in [-0.15, -0.1) is 0 Å². The molecule has 0 aromatic carbocycles. The van der Waals surface area contributed by atoms with Gasteiger partial charge in [-0.1, -0.05) is 32.6 Å². The Hall–Kier alpha value is 0.756. The minimum atomic E-state index is -0.670. The summed E-state index contributed by atoms with van der Waals surface area (Å²) < 4.78 is 0. The van der Waals surface area contributed by atoms with Gasteiger partial charge in [0.05, 0.1) is 0 Å². The average molecular weight is 303 g/mol. The van der Waals surface area contributed by atoms with Gasteiger partial charge in [-0.2, -0.15) is 0 Å². The summed E-state index contributed by atoms with van der Waals surface area (Å²) in [5.41, 5.74) is 0. The van der Waals surface area contributed by atoms with Crippen LogP contribution in [0, 0.1) is 38.6 Å². The van der Waals surface area contributed by atoms with Gasteiger partial charge in [0.1, 0.15) is 0 Å². The molecule has 0 unspecified atom stereocenters. The first-order chi connectivity index (χ1) is 4.77. The van der Waals surface area contributed by atoms with Crippen LogP contribution in [0.5, 0.6) is 0 Å². The Labute approximate surface area is 99.2 Å². The van der Waals surface area contributed by atoms with Gasteiger partial charge < -0.3 is 5.11 Å². The topological polar surface area (TPSA) is 37.3 Å². The minimum absolute atomic E-state index is 0. The van der Waals surface area contributed by atoms with Crippen LogP contribution in [0.15, 0.2) is 0 Å². The zero-order valence-electron chi connectivity index (χ0n) is 6.93. The molecule has 0 spiro atoms. The molecule has 11 heavy (non-hydrogen) atoms. The first-order valence-corrected chi connectivity index (χ1v) is 3.99. The minimum Gasteiger partial charge on any atom is -0.481 e. The SMILES string of the molecule is CCCCCCCC(=O)O.[Tb]. The summed E-state index contributed by atoms with van der Waals surface area (Å²) in [7, 11) is 0.